The molecule has 19 heavy (non-hydrogen) atoms. The van der Waals surface area contributed by atoms with Crippen molar-refractivity contribution in [3.05, 3.63) is 0 Å². The highest BCUT2D eigenvalue weighted by Gasteiger charge is 2.30. The summed E-state index contributed by atoms with van der Waals surface area (Å²) in [7, 11) is 0. The van der Waals surface area contributed by atoms with E-state index < -0.39 is 6.04 Å². The third-order valence-corrected chi connectivity index (χ3v) is 3.10. The van der Waals surface area contributed by atoms with Crippen LogP contribution in [-0.4, -0.2) is 37.2 Å². The van der Waals surface area contributed by atoms with Gasteiger partial charge in [-0.2, -0.15) is 0 Å². The summed E-state index contributed by atoms with van der Waals surface area (Å²) in [6.45, 7) is 8.54. The second-order valence-electron chi connectivity index (χ2n) is 5.63. The number of ether oxygens (including phenoxy) is 2. The molecule has 5 heteroatoms. The molecule has 0 spiro atoms. The molecule has 1 aliphatic heterocycles. The average molecular weight is 271 g/mol. The molecule has 1 amide bonds. The van der Waals surface area contributed by atoms with Gasteiger partial charge in [-0.25, -0.2) is 4.79 Å². The summed E-state index contributed by atoms with van der Waals surface area (Å²) in [6, 6.07) is -0.586. The molecule has 0 unspecified atom stereocenters. The fraction of sp³-hybridized carbons (Fsp3) is 0.857. The summed E-state index contributed by atoms with van der Waals surface area (Å²) in [5.74, 6) is -0.629. The number of hydrogen-bond acceptors (Lipinski definition) is 4. The smallest absolute Gasteiger partial charge is 0.329 e. The van der Waals surface area contributed by atoms with Crippen LogP contribution in [0.5, 0.6) is 0 Å². The highest BCUT2D eigenvalue weighted by molar-refractivity contribution is 5.86. The van der Waals surface area contributed by atoms with Crippen molar-refractivity contribution in [1.29, 1.82) is 0 Å². The Morgan fingerprint density at radius 3 is 2.42 bits per heavy atom. The lowest BCUT2D eigenvalue weighted by molar-refractivity contribution is -0.153. The van der Waals surface area contributed by atoms with Crippen LogP contribution in [0.4, 0.5) is 0 Å². The number of carbonyl (C=O) groups is 2. The fourth-order valence-corrected chi connectivity index (χ4v) is 2.02. The van der Waals surface area contributed by atoms with Crippen LogP contribution >= 0.6 is 0 Å². The van der Waals surface area contributed by atoms with Crippen molar-refractivity contribution in [3.8, 4) is 0 Å². The van der Waals surface area contributed by atoms with E-state index in [1.54, 1.807) is 13.8 Å². The van der Waals surface area contributed by atoms with Crippen LogP contribution in [0.1, 0.15) is 40.5 Å². The zero-order valence-electron chi connectivity index (χ0n) is 12.3. The Bertz CT molecular complexity index is 309. The second kappa shape index (κ2) is 7.48. The maximum absolute atomic E-state index is 12.1. The van der Waals surface area contributed by atoms with Gasteiger partial charge in [0.25, 0.3) is 0 Å². The van der Waals surface area contributed by atoms with Gasteiger partial charge in [-0.05, 0) is 32.6 Å². The van der Waals surface area contributed by atoms with Gasteiger partial charge in [-0.3, -0.25) is 4.79 Å². The predicted octanol–water partition coefficient (Wildman–Crippen LogP) is 1.51. The standard InChI is InChI=1S/C14H25NO4/c1-9(2)12(14(17)19-10(3)4)15-13(16)11-6-5-7-18-8-11/h9-12H,5-8H2,1-4H3,(H,15,16)/t11-,12-/m0/s1. The minimum atomic E-state index is -0.586. The lowest BCUT2D eigenvalue weighted by Crippen LogP contribution is -2.49. The first-order chi connectivity index (χ1) is 8.91. The van der Waals surface area contributed by atoms with Gasteiger partial charge in [-0.1, -0.05) is 13.8 Å². The molecular weight excluding hydrogens is 246 g/mol. The molecule has 110 valence electrons. The zero-order chi connectivity index (χ0) is 14.4. The van der Waals surface area contributed by atoms with Crippen molar-refractivity contribution in [2.24, 2.45) is 11.8 Å². The van der Waals surface area contributed by atoms with Crippen LogP contribution in [0, 0.1) is 11.8 Å². The van der Waals surface area contributed by atoms with Gasteiger partial charge in [0.1, 0.15) is 6.04 Å². The topological polar surface area (TPSA) is 64.6 Å². The zero-order valence-corrected chi connectivity index (χ0v) is 12.3. The van der Waals surface area contributed by atoms with Gasteiger partial charge in [-0.15, -0.1) is 0 Å². The van der Waals surface area contributed by atoms with E-state index in [2.05, 4.69) is 5.32 Å². The number of esters is 1. The summed E-state index contributed by atoms with van der Waals surface area (Å²) in [5.41, 5.74) is 0. The molecule has 0 saturated carbocycles. The summed E-state index contributed by atoms with van der Waals surface area (Å²) in [6.07, 6.45) is 1.53. The first kappa shape index (κ1) is 16.0. The molecule has 0 aromatic carbocycles. The number of rotatable bonds is 5. The number of amides is 1. The number of hydrogen-bond donors (Lipinski definition) is 1. The Morgan fingerprint density at radius 1 is 1.26 bits per heavy atom. The molecule has 0 bridgehead atoms. The Labute approximate surface area is 115 Å². The molecule has 0 aromatic rings. The highest BCUT2D eigenvalue weighted by Crippen LogP contribution is 2.15. The fourth-order valence-electron chi connectivity index (χ4n) is 2.02. The van der Waals surface area contributed by atoms with Crippen LogP contribution in [0.25, 0.3) is 0 Å². The average Bonchev–Trinajstić information content (AvgIpc) is 2.35. The summed E-state index contributed by atoms with van der Waals surface area (Å²) in [5, 5.41) is 2.80. The van der Waals surface area contributed by atoms with Crippen molar-refractivity contribution in [2.45, 2.75) is 52.7 Å². The predicted molar refractivity (Wildman–Crippen MR) is 71.5 cm³/mol. The highest BCUT2D eigenvalue weighted by atomic mass is 16.5. The molecule has 1 rings (SSSR count). The molecule has 0 aromatic heterocycles. The van der Waals surface area contributed by atoms with E-state index in [9.17, 15) is 9.59 Å². The van der Waals surface area contributed by atoms with Crippen molar-refractivity contribution < 1.29 is 19.1 Å². The molecular formula is C14H25NO4. The van der Waals surface area contributed by atoms with E-state index in [4.69, 9.17) is 9.47 Å². The van der Waals surface area contributed by atoms with E-state index >= 15 is 0 Å². The number of carbonyl (C=O) groups excluding carboxylic acids is 2. The molecule has 2 atom stereocenters. The van der Waals surface area contributed by atoms with Gasteiger partial charge >= 0.3 is 5.97 Å². The Kier molecular flexibility index (Phi) is 6.28. The third-order valence-electron chi connectivity index (χ3n) is 3.10. The van der Waals surface area contributed by atoms with E-state index in [1.165, 1.54) is 0 Å². The number of nitrogens with one attached hydrogen (secondary N) is 1. The summed E-state index contributed by atoms with van der Waals surface area (Å²) in [4.78, 5) is 24.0. The monoisotopic (exact) mass is 271 g/mol. The van der Waals surface area contributed by atoms with E-state index in [0.717, 1.165) is 12.8 Å². The first-order valence-corrected chi connectivity index (χ1v) is 7.00. The minimum Gasteiger partial charge on any atom is -0.461 e. The summed E-state index contributed by atoms with van der Waals surface area (Å²) >= 11 is 0. The molecule has 1 fully saturated rings. The van der Waals surface area contributed by atoms with Crippen LogP contribution < -0.4 is 5.32 Å². The molecule has 0 aliphatic carbocycles. The van der Waals surface area contributed by atoms with Gasteiger partial charge in [0.2, 0.25) is 5.91 Å². The Hall–Kier alpha value is -1.10. The summed E-state index contributed by atoms with van der Waals surface area (Å²) < 4.78 is 10.5. The van der Waals surface area contributed by atoms with Gasteiger partial charge in [0, 0.05) is 6.61 Å². The van der Waals surface area contributed by atoms with E-state index in [1.807, 2.05) is 13.8 Å². The lowest BCUT2D eigenvalue weighted by Gasteiger charge is -2.26. The van der Waals surface area contributed by atoms with Crippen molar-refractivity contribution in [2.75, 3.05) is 13.2 Å². The van der Waals surface area contributed by atoms with Crippen LogP contribution in [0.3, 0.4) is 0 Å². The molecule has 5 nitrogen and oxygen atoms in total. The molecule has 1 N–H and O–H groups in total. The van der Waals surface area contributed by atoms with Crippen LogP contribution in [0.2, 0.25) is 0 Å². The quantitative estimate of drug-likeness (QED) is 0.770. The normalized spacial score (nSPS) is 21.3. The van der Waals surface area contributed by atoms with Crippen LogP contribution in [-0.2, 0) is 19.1 Å². The van der Waals surface area contributed by atoms with E-state index in [-0.39, 0.29) is 29.8 Å². The maximum atomic E-state index is 12.1. The second-order valence-corrected chi connectivity index (χ2v) is 5.63. The van der Waals surface area contributed by atoms with Crippen LogP contribution in [0.15, 0.2) is 0 Å². The largest absolute Gasteiger partial charge is 0.461 e. The lowest BCUT2D eigenvalue weighted by atomic mass is 9.99. The maximum Gasteiger partial charge on any atom is 0.329 e. The first-order valence-electron chi connectivity index (χ1n) is 7.00. The van der Waals surface area contributed by atoms with Gasteiger partial charge < -0.3 is 14.8 Å². The minimum absolute atomic E-state index is 0.000270. The van der Waals surface area contributed by atoms with Gasteiger partial charge in [0.15, 0.2) is 0 Å². The Balaban J connectivity index is 2.57. The van der Waals surface area contributed by atoms with Crippen molar-refractivity contribution in [1.82, 2.24) is 5.32 Å². The molecule has 1 aliphatic rings. The SMILES string of the molecule is CC(C)OC(=O)[C@@H](NC(=O)[C@H]1CCCOC1)C(C)C. The van der Waals surface area contributed by atoms with Crippen molar-refractivity contribution >= 4 is 11.9 Å². The molecule has 1 heterocycles. The third kappa shape index (κ3) is 5.19. The van der Waals surface area contributed by atoms with E-state index in [0.29, 0.717) is 13.2 Å². The van der Waals surface area contributed by atoms with Gasteiger partial charge in [0.05, 0.1) is 18.6 Å². The molecule has 0 radical (unpaired) electrons. The Morgan fingerprint density at radius 2 is 1.95 bits per heavy atom. The molecule has 1 saturated heterocycles. The van der Waals surface area contributed by atoms with Crippen molar-refractivity contribution in [3.63, 3.8) is 0 Å².